The third-order valence-electron chi connectivity index (χ3n) is 7.21. The van der Waals surface area contributed by atoms with Crippen LogP contribution in [-0.4, -0.2) is 48.0 Å². The van der Waals surface area contributed by atoms with Crippen molar-refractivity contribution in [3.63, 3.8) is 0 Å². The van der Waals surface area contributed by atoms with Crippen LogP contribution in [-0.2, 0) is 10.4 Å². The van der Waals surface area contributed by atoms with Crippen LogP contribution in [0.1, 0.15) is 50.5 Å². The molecular weight excluding hydrogens is 362 g/mol. The molecule has 2 saturated heterocycles. The molecule has 28 heavy (non-hydrogen) atoms. The number of benzene rings is 1. The minimum atomic E-state index is -2.81. The van der Waals surface area contributed by atoms with E-state index in [0.29, 0.717) is 18.7 Å². The molecule has 2 aliphatic heterocycles. The van der Waals surface area contributed by atoms with Gasteiger partial charge in [-0.3, -0.25) is 4.79 Å². The van der Waals surface area contributed by atoms with Crippen LogP contribution in [0.15, 0.2) is 30.3 Å². The lowest BCUT2D eigenvalue weighted by Gasteiger charge is -2.46. The number of aliphatic hydroxyl groups is 1. The van der Waals surface area contributed by atoms with E-state index >= 15 is 0 Å². The minimum Gasteiger partial charge on any atom is -0.375 e. The van der Waals surface area contributed by atoms with Crippen LogP contribution in [0.25, 0.3) is 0 Å². The van der Waals surface area contributed by atoms with Gasteiger partial charge in [0.25, 0.3) is 5.91 Å². The Labute approximate surface area is 165 Å². The Morgan fingerprint density at radius 1 is 1.14 bits per heavy atom. The highest BCUT2D eigenvalue weighted by Crippen LogP contribution is 2.48. The van der Waals surface area contributed by atoms with Gasteiger partial charge in [0.15, 0.2) is 5.60 Å². The molecule has 3 aliphatic rings. The molecule has 2 atom stereocenters. The lowest BCUT2D eigenvalue weighted by molar-refractivity contribution is -0.163. The Hall–Kier alpha value is -1.53. The van der Waals surface area contributed by atoms with Crippen molar-refractivity contribution in [2.24, 2.45) is 11.3 Å². The van der Waals surface area contributed by atoms with E-state index in [1.165, 1.54) is 6.42 Å². The maximum absolute atomic E-state index is 13.9. The monoisotopic (exact) mass is 392 g/mol. The van der Waals surface area contributed by atoms with Gasteiger partial charge < -0.3 is 15.3 Å². The molecule has 154 valence electrons. The summed E-state index contributed by atoms with van der Waals surface area (Å²) in [4.78, 5) is 15.2. The van der Waals surface area contributed by atoms with E-state index in [1.807, 2.05) is 0 Å². The molecule has 1 aliphatic carbocycles. The Morgan fingerprint density at radius 3 is 2.43 bits per heavy atom. The first kappa shape index (κ1) is 19.8. The Balaban J connectivity index is 1.56. The maximum atomic E-state index is 13.9. The lowest BCUT2D eigenvalue weighted by Crippen LogP contribution is -2.56. The van der Waals surface area contributed by atoms with Crippen LogP contribution in [0, 0.1) is 11.3 Å². The van der Waals surface area contributed by atoms with Gasteiger partial charge in [0.05, 0.1) is 0 Å². The number of alkyl halides is 2. The van der Waals surface area contributed by atoms with E-state index in [1.54, 1.807) is 35.2 Å². The number of hydrogen-bond donors (Lipinski definition) is 2. The molecule has 4 rings (SSSR count). The van der Waals surface area contributed by atoms with E-state index in [0.717, 1.165) is 32.4 Å². The average Bonchev–Trinajstić information content (AvgIpc) is 3.09. The van der Waals surface area contributed by atoms with E-state index in [4.69, 9.17) is 0 Å². The zero-order chi connectivity index (χ0) is 19.8. The molecule has 0 unspecified atom stereocenters. The number of hydrogen-bond acceptors (Lipinski definition) is 3. The number of rotatable bonds is 3. The molecule has 3 fully saturated rings. The number of carbonyl (C=O) groups excluding carboxylic acids is 1. The predicted octanol–water partition coefficient (Wildman–Crippen LogP) is 3.30. The fraction of sp³-hybridized carbons (Fsp3) is 0.682. The summed E-state index contributed by atoms with van der Waals surface area (Å²) in [5, 5.41) is 15.1. The largest absolute Gasteiger partial charge is 0.375 e. The molecule has 1 aromatic rings. The molecule has 0 radical (unpaired) electrons. The maximum Gasteiger partial charge on any atom is 0.259 e. The van der Waals surface area contributed by atoms with Gasteiger partial charge in [-0.15, -0.1) is 0 Å². The molecular formula is C22H30F2N2O2. The normalized spacial score (nSPS) is 28.8. The first-order valence-corrected chi connectivity index (χ1v) is 10.5. The number of halogens is 2. The van der Waals surface area contributed by atoms with Crippen LogP contribution in [0.3, 0.4) is 0 Å². The first-order valence-electron chi connectivity index (χ1n) is 10.5. The van der Waals surface area contributed by atoms with Gasteiger partial charge in [-0.1, -0.05) is 30.3 Å². The summed E-state index contributed by atoms with van der Waals surface area (Å²) < 4.78 is 27.9. The summed E-state index contributed by atoms with van der Waals surface area (Å²) >= 11 is 0. The number of carbonyl (C=O) groups is 1. The Bertz CT molecular complexity index is 696. The smallest absolute Gasteiger partial charge is 0.259 e. The van der Waals surface area contributed by atoms with Crippen molar-refractivity contribution >= 4 is 5.91 Å². The van der Waals surface area contributed by atoms with Gasteiger partial charge in [-0.05, 0) is 49.6 Å². The quantitative estimate of drug-likeness (QED) is 0.830. The molecule has 6 heteroatoms. The van der Waals surface area contributed by atoms with Crippen LogP contribution >= 0.6 is 0 Å². The Kier molecular flexibility index (Phi) is 5.21. The molecule has 1 amide bonds. The van der Waals surface area contributed by atoms with Crippen LogP contribution in [0.4, 0.5) is 8.78 Å². The van der Waals surface area contributed by atoms with Crippen molar-refractivity contribution in [2.75, 3.05) is 26.2 Å². The summed E-state index contributed by atoms with van der Waals surface area (Å²) in [5.74, 6) is -3.97. The standard InChI is InChI=1S/C22H30F2N2O2/c23-21(24)9-7-18(15-21)22(28,17-5-2-1-3-6-17)19(27)26-13-10-20(11-14-26)8-4-12-25-16-20/h1-3,5-6,18,25,28H,4,7-16H2/t18-,22+/m1/s1. The summed E-state index contributed by atoms with van der Waals surface area (Å²) in [5.41, 5.74) is -1.21. The van der Waals surface area contributed by atoms with E-state index in [9.17, 15) is 18.7 Å². The summed E-state index contributed by atoms with van der Waals surface area (Å²) in [6.45, 7) is 3.19. The first-order chi connectivity index (χ1) is 13.3. The van der Waals surface area contributed by atoms with Crippen molar-refractivity contribution < 1.29 is 18.7 Å². The topological polar surface area (TPSA) is 52.6 Å². The average molecular weight is 392 g/mol. The van der Waals surface area contributed by atoms with E-state index in [2.05, 4.69) is 5.32 Å². The molecule has 1 aromatic carbocycles. The zero-order valence-electron chi connectivity index (χ0n) is 16.3. The van der Waals surface area contributed by atoms with Crippen molar-refractivity contribution in [1.82, 2.24) is 10.2 Å². The van der Waals surface area contributed by atoms with Crippen LogP contribution in [0.5, 0.6) is 0 Å². The molecule has 2 heterocycles. The summed E-state index contributed by atoms with van der Waals surface area (Å²) in [7, 11) is 0. The predicted molar refractivity (Wildman–Crippen MR) is 103 cm³/mol. The van der Waals surface area contributed by atoms with E-state index in [-0.39, 0.29) is 18.3 Å². The van der Waals surface area contributed by atoms with E-state index < -0.39 is 29.8 Å². The number of piperidine rings is 2. The van der Waals surface area contributed by atoms with Crippen molar-refractivity contribution in [2.45, 2.75) is 56.5 Å². The second-order valence-electron chi connectivity index (χ2n) is 9.00. The molecule has 2 N–H and O–H groups in total. The number of nitrogens with one attached hydrogen (secondary N) is 1. The summed E-state index contributed by atoms with van der Waals surface area (Å²) in [6, 6.07) is 8.67. The fourth-order valence-electron chi connectivity index (χ4n) is 5.41. The fourth-order valence-corrected chi connectivity index (χ4v) is 5.41. The molecule has 0 bridgehead atoms. The highest BCUT2D eigenvalue weighted by molar-refractivity contribution is 5.87. The molecule has 1 spiro atoms. The third-order valence-corrected chi connectivity index (χ3v) is 7.21. The number of nitrogens with zero attached hydrogens (tertiary/aromatic N) is 1. The second-order valence-corrected chi connectivity index (χ2v) is 9.00. The van der Waals surface area contributed by atoms with Gasteiger partial charge in [-0.25, -0.2) is 8.78 Å². The third kappa shape index (κ3) is 3.57. The van der Waals surface area contributed by atoms with Crippen LogP contribution in [0.2, 0.25) is 0 Å². The number of likely N-dealkylation sites (tertiary alicyclic amines) is 1. The highest BCUT2D eigenvalue weighted by atomic mass is 19.3. The lowest BCUT2D eigenvalue weighted by atomic mass is 9.72. The van der Waals surface area contributed by atoms with Gasteiger partial charge in [0.2, 0.25) is 5.92 Å². The van der Waals surface area contributed by atoms with Crippen molar-refractivity contribution in [1.29, 1.82) is 0 Å². The minimum absolute atomic E-state index is 0.159. The van der Waals surface area contributed by atoms with Crippen molar-refractivity contribution in [3.8, 4) is 0 Å². The molecule has 1 saturated carbocycles. The molecule has 0 aromatic heterocycles. The zero-order valence-corrected chi connectivity index (χ0v) is 16.3. The Morgan fingerprint density at radius 2 is 1.86 bits per heavy atom. The van der Waals surface area contributed by atoms with Gasteiger partial charge in [-0.2, -0.15) is 0 Å². The molecule has 4 nitrogen and oxygen atoms in total. The van der Waals surface area contributed by atoms with Gasteiger partial charge in [0, 0.05) is 38.4 Å². The highest BCUT2D eigenvalue weighted by Gasteiger charge is 2.55. The number of amides is 1. The van der Waals surface area contributed by atoms with Gasteiger partial charge in [0.1, 0.15) is 0 Å². The summed E-state index contributed by atoms with van der Waals surface area (Å²) in [6.07, 6.45) is 3.57. The SMILES string of the molecule is O=C(N1CCC2(CCCNC2)CC1)[C@](O)(c1ccccc1)[C@@H]1CCC(F)(F)C1. The van der Waals surface area contributed by atoms with Crippen LogP contribution < -0.4 is 5.32 Å². The van der Waals surface area contributed by atoms with Gasteiger partial charge >= 0.3 is 0 Å². The second kappa shape index (κ2) is 7.38. The van der Waals surface area contributed by atoms with Crippen molar-refractivity contribution in [3.05, 3.63) is 35.9 Å².